The molecule has 6 rings (SSSR count). The number of hydrogen-bond donors (Lipinski definition) is 2. The van der Waals surface area contributed by atoms with Gasteiger partial charge in [-0.25, -0.2) is 0 Å². The van der Waals surface area contributed by atoms with Gasteiger partial charge in [-0.1, -0.05) is 65.6 Å². The van der Waals surface area contributed by atoms with E-state index in [1.165, 1.54) is 0 Å². The summed E-state index contributed by atoms with van der Waals surface area (Å²) in [6.07, 6.45) is 1.95. The van der Waals surface area contributed by atoms with Crippen molar-refractivity contribution in [3.8, 4) is 22.3 Å². The Bertz CT molecular complexity index is 1230. The number of benzene rings is 3. The zero-order valence-electron chi connectivity index (χ0n) is 16.2. The van der Waals surface area contributed by atoms with Crippen molar-refractivity contribution >= 4 is 16.8 Å². The molecule has 1 unspecified atom stereocenters. The van der Waals surface area contributed by atoms with E-state index >= 15 is 0 Å². The molecule has 1 saturated heterocycles. The monoisotopic (exact) mass is 401 g/mol. The molecule has 1 fully saturated rings. The third kappa shape index (κ3) is 3.30. The fraction of sp³-hybridized carbons (Fsp3) is 0.167. The lowest BCUT2D eigenvalue weighted by atomic mass is 9.94. The largest absolute Gasteiger partial charge is 0.461 e. The van der Waals surface area contributed by atoms with Crippen molar-refractivity contribution in [3.63, 3.8) is 0 Å². The maximum absolute atomic E-state index is 12.6. The number of nitrogens with two attached hydrogens (primary N) is 1. The molecule has 4 aromatic rings. The van der Waals surface area contributed by atoms with Crippen molar-refractivity contribution in [2.75, 3.05) is 19.8 Å². The third-order valence-corrected chi connectivity index (χ3v) is 5.39. The van der Waals surface area contributed by atoms with Crippen LogP contribution < -0.4 is 5.32 Å². The minimum Gasteiger partial charge on any atom is -0.461 e. The van der Waals surface area contributed by atoms with Crippen LogP contribution >= 0.6 is 0 Å². The van der Waals surface area contributed by atoms with Gasteiger partial charge in [0.15, 0.2) is 5.78 Å². The van der Waals surface area contributed by atoms with Crippen molar-refractivity contribution in [1.82, 2.24) is 9.97 Å². The number of carbonyl (C=O) groups is 1. The van der Waals surface area contributed by atoms with Crippen LogP contribution in [0.25, 0.3) is 33.3 Å². The first-order chi connectivity index (χ1) is 14.7. The number of halogens is 1. The molecule has 0 spiro atoms. The lowest BCUT2D eigenvalue weighted by Gasteiger charge is -2.12. The van der Waals surface area contributed by atoms with Gasteiger partial charge in [-0.2, -0.15) is 4.39 Å². The molecule has 0 bridgehead atoms. The quantitative estimate of drug-likeness (QED) is 0.335. The number of rotatable bonds is 1. The lowest BCUT2D eigenvalue weighted by molar-refractivity contribution is -0.727. The van der Waals surface area contributed by atoms with Crippen LogP contribution in [-0.2, 0) is 4.74 Å². The summed E-state index contributed by atoms with van der Waals surface area (Å²) in [5.41, 5.74) is 7.53. The highest BCUT2D eigenvalue weighted by atomic mass is 19.1. The van der Waals surface area contributed by atoms with Gasteiger partial charge in [-0.15, -0.1) is 6.07 Å². The fourth-order valence-electron chi connectivity index (χ4n) is 3.96. The van der Waals surface area contributed by atoms with E-state index in [9.17, 15) is 9.18 Å². The second-order valence-corrected chi connectivity index (χ2v) is 7.30. The van der Waals surface area contributed by atoms with Crippen LogP contribution in [0, 0.1) is 6.33 Å². The van der Waals surface area contributed by atoms with Gasteiger partial charge in [0.05, 0.1) is 6.61 Å². The van der Waals surface area contributed by atoms with E-state index in [0.717, 1.165) is 51.0 Å². The Hall–Kier alpha value is -3.35. The predicted octanol–water partition coefficient (Wildman–Crippen LogP) is 3.12. The molecule has 1 aliphatic heterocycles. The van der Waals surface area contributed by atoms with Crippen LogP contribution in [0.4, 0.5) is 4.39 Å². The summed E-state index contributed by atoms with van der Waals surface area (Å²) in [4.78, 5) is 19.8. The molecule has 0 amide bonds. The number of morpholine rings is 1. The maximum Gasteiger partial charge on any atom is 0.252 e. The number of aromatic nitrogens is 2. The number of alkyl halides is 1. The normalized spacial score (nSPS) is 17.2. The Morgan fingerprint density at radius 2 is 1.83 bits per heavy atom. The number of carbonyl (C=O) groups excluding carboxylic acids is 1. The zero-order chi connectivity index (χ0) is 20.5. The van der Waals surface area contributed by atoms with E-state index in [2.05, 4.69) is 28.4 Å². The Morgan fingerprint density at radius 3 is 2.60 bits per heavy atom. The summed E-state index contributed by atoms with van der Waals surface area (Å²) in [6.45, 7) is 1.72. The molecular weight excluding hydrogens is 381 g/mol. The minimum absolute atomic E-state index is 0.103. The number of quaternary nitrogens is 1. The molecule has 1 aromatic heterocycles. The summed E-state index contributed by atoms with van der Waals surface area (Å²) in [5.74, 6) is 0.103. The van der Waals surface area contributed by atoms with Crippen LogP contribution in [0.5, 0.6) is 0 Å². The first-order valence-corrected chi connectivity index (χ1v) is 9.91. The van der Waals surface area contributed by atoms with Gasteiger partial charge >= 0.3 is 0 Å². The number of imidazole rings is 1. The smallest absolute Gasteiger partial charge is 0.252 e. The van der Waals surface area contributed by atoms with Crippen LogP contribution in [0.1, 0.15) is 15.9 Å². The van der Waals surface area contributed by atoms with Crippen molar-refractivity contribution in [2.24, 2.45) is 0 Å². The van der Waals surface area contributed by atoms with Crippen molar-refractivity contribution < 1.29 is 19.2 Å². The third-order valence-electron chi connectivity index (χ3n) is 5.39. The topological polar surface area (TPSA) is 71.6 Å². The Morgan fingerprint density at radius 1 is 1.03 bits per heavy atom. The lowest BCUT2D eigenvalue weighted by Crippen LogP contribution is -2.92. The molecule has 6 heteroatoms. The fourth-order valence-corrected chi connectivity index (χ4v) is 3.96. The molecule has 5 nitrogen and oxygen atoms in total. The number of ether oxygens (including phenoxy) is 1. The molecular formula is C24H20FN3O2. The van der Waals surface area contributed by atoms with E-state index in [-0.39, 0.29) is 12.4 Å². The van der Waals surface area contributed by atoms with Crippen LogP contribution in [0.15, 0.2) is 60.7 Å². The van der Waals surface area contributed by atoms with E-state index in [1.54, 1.807) is 5.32 Å². The highest BCUT2D eigenvalue weighted by molar-refractivity contribution is 6.23. The highest BCUT2D eigenvalue weighted by Crippen LogP contribution is 2.42. The van der Waals surface area contributed by atoms with Gasteiger partial charge in [-0.3, -0.25) is 4.79 Å². The van der Waals surface area contributed by atoms with E-state index in [4.69, 9.17) is 4.74 Å². The Kier molecular flexibility index (Phi) is 4.86. The molecule has 150 valence electrons. The molecule has 2 heterocycles. The molecule has 1 atom stereocenters. The number of nitrogens with one attached hydrogen (secondary N) is 1. The number of H-pyrrole nitrogens is 1. The second-order valence-electron chi connectivity index (χ2n) is 7.30. The first kappa shape index (κ1) is 18.7. The maximum atomic E-state index is 12.6. The van der Waals surface area contributed by atoms with Gasteiger partial charge in [0.25, 0.3) is 6.30 Å². The van der Waals surface area contributed by atoms with Crippen molar-refractivity contribution in [2.45, 2.75) is 6.30 Å². The predicted molar refractivity (Wildman–Crippen MR) is 112 cm³/mol. The minimum atomic E-state index is -0.811. The molecule has 30 heavy (non-hydrogen) atoms. The number of aromatic amines is 1. The van der Waals surface area contributed by atoms with Gasteiger partial charge in [0, 0.05) is 16.7 Å². The van der Waals surface area contributed by atoms with E-state index in [0.29, 0.717) is 6.61 Å². The standard InChI is InChI=1S/C20H11N2O.C4H8FNO/c23-20-15-5-2-1-4-14(15)19-13(6-3-7-16(19)20)12-8-9-17-18(10-12)22-11-21-17;5-4-3-7-2-1-6-4/h1-10H,(H,21,22);4,6H,1-3H2/q-1;/p+1. The first-order valence-electron chi connectivity index (χ1n) is 9.91. The summed E-state index contributed by atoms with van der Waals surface area (Å²) in [7, 11) is 0. The number of nitrogens with zero attached hydrogens (tertiary/aromatic N) is 1. The number of fused-ring (bicyclic) bond motifs is 4. The van der Waals surface area contributed by atoms with Gasteiger partial charge in [-0.05, 0) is 23.0 Å². The van der Waals surface area contributed by atoms with Crippen LogP contribution in [0.3, 0.4) is 0 Å². The summed E-state index contributed by atoms with van der Waals surface area (Å²) in [5, 5.41) is 1.64. The summed E-state index contributed by atoms with van der Waals surface area (Å²) in [6, 6.07) is 19.8. The van der Waals surface area contributed by atoms with Crippen molar-refractivity contribution in [1.29, 1.82) is 0 Å². The SMILES string of the molecule is FC1COCC[NH2+]1.O=C1c2ccccc2-c2c1cccc2-c1ccc2[nH][c-]nc2c1. The van der Waals surface area contributed by atoms with Crippen LogP contribution in [0.2, 0.25) is 0 Å². The average molecular weight is 401 g/mol. The van der Waals surface area contributed by atoms with Gasteiger partial charge in [0.2, 0.25) is 0 Å². The number of ketones is 1. The second kappa shape index (κ2) is 7.82. The molecule has 1 aliphatic carbocycles. The highest BCUT2D eigenvalue weighted by Gasteiger charge is 2.28. The van der Waals surface area contributed by atoms with Crippen LogP contribution in [-0.4, -0.2) is 41.8 Å². The van der Waals surface area contributed by atoms with Crippen molar-refractivity contribution in [3.05, 3.63) is 78.1 Å². The zero-order valence-corrected chi connectivity index (χ0v) is 16.2. The summed E-state index contributed by atoms with van der Waals surface area (Å²) < 4.78 is 16.8. The molecule has 3 aromatic carbocycles. The molecule has 2 aliphatic rings. The van der Waals surface area contributed by atoms with Gasteiger partial charge in [0.1, 0.15) is 13.2 Å². The number of hydrogen-bond acceptors (Lipinski definition) is 3. The molecule has 0 radical (unpaired) electrons. The molecule has 3 N–H and O–H groups in total. The molecule has 0 saturated carbocycles. The Labute approximate surface area is 172 Å². The average Bonchev–Trinajstić information content (AvgIpc) is 3.37. The summed E-state index contributed by atoms with van der Waals surface area (Å²) >= 11 is 0. The van der Waals surface area contributed by atoms with E-state index < -0.39 is 6.30 Å². The van der Waals surface area contributed by atoms with E-state index in [1.807, 2.05) is 48.5 Å². The Balaban J connectivity index is 0.000000236. The van der Waals surface area contributed by atoms with Gasteiger partial charge < -0.3 is 20.0 Å².